The lowest BCUT2D eigenvalue weighted by Crippen LogP contribution is -1.82. The van der Waals surface area contributed by atoms with Crippen LogP contribution in [-0.2, 0) is 0 Å². The maximum absolute atomic E-state index is 4.57. The predicted molar refractivity (Wildman–Crippen MR) is 83.5 cm³/mol. The zero-order chi connectivity index (χ0) is 13.2. The van der Waals surface area contributed by atoms with Gasteiger partial charge in [0, 0.05) is 10.7 Å². The van der Waals surface area contributed by atoms with Crippen LogP contribution in [0.5, 0.6) is 0 Å². The molecule has 3 rings (SSSR count). The molecule has 0 N–H and O–H groups in total. The highest BCUT2D eigenvalue weighted by molar-refractivity contribution is 9.10. The first-order valence-electron chi connectivity index (χ1n) is 5.75. The third-order valence-electron chi connectivity index (χ3n) is 2.82. The Balaban J connectivity index is 2.03. The van der Waals surface area contributed by atoms with Crippen LogP contribution in [0.3, 0.4) is 0 Å². The highest BCUT2D eigenvalue weighted by atomic mass is 79.9. The van der Waals surface area contributed by atoms with Crippen LogP contribution < -0.4 is 0 Å². The van der Waals surface area contributed by atoms with Gasteiger partial charge in [-0.2, -0.15) is 8.75 Å². The van der Waals surface area contributed by atoms with Gasteiger partial charge >= 0.3 is 0 Å². The standard InChI is InChI=1S/C14H10BrN3S/c1-9-2-7-12-14(18-19-17-12)13(9)16-8-10-3-5-11(15)6-4-10/h2-8H,1H3. The highest BCUT2D eigenvalue weighted by Crippen LogP contribution is 2.28. The number of aromatic nitrogens is 2. The average Bonchev–Trinajstić information content (AvgIpc) is 2.88. The largest absolute Gasteiger partial charge is 0.254 e. The SMILES string of the molecule is Cc1ccc2nsnc2c1N=Cc1ccc(Br)cc1. The molecule has 3 aromatic rings. The zero-order valence-electron chi connectivity index (χ0n) is 10.2. The molecule has 0 aliphatic carbocycles. The molecule has 0 aliphatic rings. The number of fused-ring (bicyclic) bond motifs is 1. The minimum atomic E-state index is 0.873. The van der Waals surface area contributed by atoms with Crippen LogP contribution in [0, 0.1) is 6.92 Å². The summed E-state index contributed by atoms with van der Waals surface area (Å²) in [6, 6.07) is 12.0. The Kier molecular flexibility index (Phi) is 3.40. The molecule has 0 atom stereocenters. The molecule has 94 valence electrons. The molecule has 0 bridgehead atoms. The Morgan fingerprint density at radius 2 is 1.89 bits per heavy atom. The maximum Gasteiger partial charge on any atom is 0.130 e. The van der Waals surface area contributed by atoms with Gasteiger partial charge in [-0.05, 0) is 36.2 Å². The summed E-state index contributed by atoms with van der Waals surface area (Å²) in [7, 11) is 0. The van der Waals surface area contributed by atoms with Gasteiger partial charge in [0.1, 0.15) is 11.0 Å². The van der Waals surface area contributed by atoms with Crippen LogP contribution in [0.25, 0.3) is 11.0 Å². The molecule has 0 amide bonds. The molecular weight excluding hydrogens is 322 g/mol. The first-order chi connectivity index (χ1) is 9.24. The number of nitrogens with zero attached hydrogens (tertiary/aromatic N) is 3. The lowest BCUT2D eigenvalue weighted by Gasteiger charge is -2.00. The summed E-state index contributed by atoms with van der Waals surface area (Å²) in [5.74, 6) is 0. The average molecular weight is 332 g/mol. The van der Waals surface area contributed by atoms with Crippen molar-refractivity contribution in [3.63, 3.8) is 0 Å². The molecule has 1 aromatic heterocycles. The third kappa shape index (κ3) is 2.57. The van der Waals surface area contributed by atoms with Crippen LogP contribution in [0.4, 0.5) is 5.69 Å². The Morgan fingerprint density at radius 1 is 1.11 bits per heavy atom. The van der Waals surface area contributed by atoms with Crippen molar-refractivity contribution in [1.82, 2.24) is 8.75 Å². The van der Waals surface area contributed by atoms with Crippen molar-refractivity contribution in [3.8, 4) is 0 Å². The molecule has 1 heterocycles. The molecule has 5 heteroatoms. The second-order valence-corrected chi connectivity index (χ2v) is 5.62. The summed E-state index contributed by atoms with van der Waals surface area (Å²) in [6.45, 7) is 2.03. The van der Waals surface area contributed by atoms with Crippen LogP contribution in [-0.4, -0.2) is 15.0 Å². The van der Waals surface area contributed by atoms with E-state index in [1.54, 1.807) is 0 Å². The first-order valence-corrected chi connectivity index (χ1v) is 7.28. The van der Waals surface area contributed by atoms with E-state index in [9.17, 15) is 0 Å². The van der Waals surface area contributed by atoms with Gasteiger partial charge in [0.05, 0.1) is 17.4 Å². The minimum absolute atomic E-state index is 0.873. The molecular formula is C14H10BrN3S. The van der Waals surface area contributed by atoms with E-state index in [0.717, 1.165) is 32.3 Å². The molecule has 0 fully saturated rings. The Labute approximate surface area is 123 Å². The molecule has 19 heavy (non-hydrogen) atoms. The fourth-order valence-electron chi connectivity index (χ4n) is 1.79. The van der Waals surface area contributed by atoms with E-state index in [4.69, 9.17) is 0 Å². The number of hydrogen-bond donors (Lipinski definition) is 0. The third-order valence-corrected chi connectivity index (χ3v) is 3.89. The van der Waals surface area contributed by atoms with E-state index in [1.165, 1.54) is 11.7 Å². The zero-order valence-corrected chi connectivity index (χ0v) is 12.6. The molecule has 0 saturated carbocycles. The topological polar surface area (TPSA) is 38.1 Å². The lowest BCUT2D eigenvalue weighted by atomic mass is 10.1. The van der Waals surface area contributed by atoms with Crippen molar-refractivity contribution >= 4 is 50.6 Å². The summed E-state index contributed by atoms with van der Waals surface area (Å²) in [4.78, 5) is 4.57. The van der Waals surface area contributed by atoms with Crippen molar-refractivity contribution in [1.29, 1.82) is 0 Å². The van der Waals surface area contributed by atoms with Crippen molar-refractivity contribution in [2.24, 2.45) is 4.99 Å². The predicted octanol–water partition coefficient (Wildman–Crippen LogP) is 4.51. The minimum Gasteiger partial charge on any atom is -0.254 e. The summed E-state index contributed by atoms with van der Waals surface area (Å²) < 4.78 is 9.61. The van der Waals surface area contributed by atoms with Crippen molar-refractivity contribution in [2.45, 2.75) is 6.92 Å². The second-order valence-electron chi connectivity index (χ2n) is 4.17. The number of aliphatic imine (C=N–C) groups is 1. The van der Waals surface area contributed by atoms with E-state index in [0.29, 0.717) is 0 Å². The Hall–Kier alpha value is -1.59. The number of hydrogen-bond acceptors (Lipinski definition) is 4. The Bertz CT molecular complexity index is 747. The van der Waals surface area contributed by atoms with Gasteiger partial charge in [0.25, 0.3) is 0 Å². The Morgan fingerprint density at radius 3 is 2.68 bits per heavy atom. The van der Waals surface area contributed by atoms with Gasteiger partial charge < -0.3 is 0 Å². The summed E-state index contributed by atoms with van der Waals surface area (Å²) in [6.07, 6.45) is 1.85. The smallest absolute Gasteiger partial charge is 0.130 e. The second kappa shape index (κ2) is 5.19. The molecule has 0 radical (unpaired) electrons. The van der Waals surface area contributed by atoms with Crippen molar-refractivity contribution < 1.29 is 0 Å². The van der Waals surface area contributed by atoms with Crippen LogP contribution in [0.2, 0.25) is 0 Å². The fraction of sp³-hybridized carbons (Fsp3) is 0.0714. The van der Waals surface area contributed by atoms with Crippen LogP contribution in [0.15, 0.2) is 45.9 Å². The molecule has 0 spiro atoms. The summed E-state index contributed by atoms with van der Waals surface area (Å²) in [5.41, 5.74) is 4.84. The summed E-state index contributed by atoms with van der Waals surface area (Å²) >= 11 is 4.64. The van der Waals surface area contributed by atoms with Gasteiger partial charge in [-0.25, -0.2) is 0 Å². The van der Waals surface area contributed by atoms with Crippen LogP contribution in [0.1, 0.15) is 11.1 Å². The fourth-order valence-corrected chi connectivity index (χ4v) is 2.59. The van der Waals surface area contributed by atoms with Crippen molar-refractivity contribution in [3.05, 3.63) is 52.0 Å². The first kappa shape index (κ1) is 12.4. The van der Waals surface area contributed by atoms with E-state index >= 15 is 0 Å². The van der Waals surface area contributed by atoms with E-state index in [1.807, 2.05) is 49.5 Å². The number of benzene rings is 2. The van der Waals surface area contributed by atoms with E-state index in [2.05, 4.69) is 29.7 Å². The van der Waals surface area contributed by atoms with Gasteiger partial charge in [-0.3, -0.25) is 4.99 Å². The monoisotopic (exact) mass is 331 g/mol. The van der Waals surface area contributed by atoms with Gasteiger partial charge in [0.15, 0.2) is 0 Å². The number of halogens is 1. The summed E-state index contributed by atoms with van der Waals surface area (Å²) in [5, 5.41) is 0. The molecule has 3 nitrogen and oxygen atoms in total. The van der Waals surface area contributed by atoms with Gasteiger partial charge in [0.2, 0.25) is 0 Å². The normalized spacial score (nSPS) is 11.5. The van der Waals surface area contributed by atoms with Crippen molar-refractivity contribution in [2.75, 3.05) is 0 Å². The lowest BCUT2D eigenvalue weighted by molar-refractivity contribution is 1.41. The number of rotatable bonds is 2. The molecule has 0 aliphatic heterocycles. The maximum atomic E-state index is 4.57. The van der Waals surface area contributed by atoms with Gasteiger partial charge in [-0.15, -0.1) is 0 Å². The quantitative estimate of drug-likeness (QED) is 0.648. The van der Waals surface area contributed by atoms with E-state index in [-0.39, 0.29) is 0 Å². The molecule has 0 unspecified atom stereocenters. The highest BCUT2D eigenvalue weighted by Gasteiger charge is 2.06. The van der Waals surface area contributed by atoms with Gasteiger partial charge in [-0.1, -0.05) is 34.1 Å². The number of aryl methyl sites for hydroxylation is 1. The van der Waals surface area contributed by atoms with Crippen LogP contribution >= 0.6 is 27.7 Å². The molecule has 0 saturated heterocycles. The van der Waals surface area contributed by atoms with E-state index < -0.39 is 0 Å². The molecule has 2 aromatic carbocycles.